The maximum absolute atomic E-state index is 12.2. The number of nitrogens with zero attached hydrogens (tertiary/aromatic N) is 2. The molecule has 1 aromatic heterocycles. The Morgan fingerprint density at radius 1 is 1.40 bits per heavy atom. The van der Waals surface area contributed by atoms with E-state index < -0.39 is 15.9 Å². The number of carbonyl (C=O) groups is 1. The van der Waals surface area contributed by atoms with E-state index in [0.717, 1.165) is 6.26 Å². The lowest BCUT2D eigenvalue weighted by Crippen LogP contribution is -2.41. The Morgan fingerprint density at radius 3 is 2.50 bits per heavy atom. The van der Waals surface area contributed by atoms with Crippen LogP contribution in [0.5, 0.6) is 0 Å². The van der Waals surface area contributed by atoms with Crippen LogP contribution in [-0.4, -0.2) is 49.6 Å². The van der Waals surface area contributed by atoms with Crippen molar-refractivity contribution in [1.29, 1.82) is 0 Å². The van der Waals surface area contributed by atoms with Gasteiger partial charge in [-0.05, 0) is 32.9 Å². The predicted molar refractivity (Wildman–Crippen MR) is 78.4 cm³/mol. The molecule has 0 aliphatic carbocycles. The van der Waals surface area contributed by atoms with E-state index in [2.05, 4.69) is 10.3 Å². The molecule has 1 aromatic rings. The summed E-state index contributed by atoms with van der Waals surface area (Å²) in [5, 5.41) is 2.88. The number of rotatable bonds is 6. The molecule has 1 rings (SSSR count). The van der Waals surface area contributed by atoms with Gasteiger partial charge >= 0.3 is 0 Å². The molecule has 0 aliphatic rings. The topological polar surface area (TPSA) is 79.4 Å². The zero-order valence-electron chi connectivity index (χ0n) is 12.3. The summed E-state index contributed by atoms with van der Waals surface area (Å²) in [6.45, 7) is 6.72. The minimum absolute atomic E-state index is 0.0832. The lowest BCUT2D eigenvalue weighted by molar-refractivity contribution is -0.131. The van der Waals surface area contributed by atoms with Crippen LogP contribution < -0.4 is 5.32 Å². The van der Waals surface area contributed by atoms with Crippen molar-refractivity contribution in [1.82, 2.24) is 9.88 Å². The molecular weight excluding hydrogens is 278 g/mol. The van der Waals surface area contributed by atoms with Crippen LogP contribution >= 0.6 is 0 Å². The number of aromatic nitrogens is 1. The van der Waals surface area contributed by atoms with E-state index in [1.807, 2.05) is 13.8 Å². The first-order valence-corrected chi connectivity index (χ1v) is 8.40. The van der Waals surface area contributed by atoms with E-state index >= 15 is 0 Å². The number of likely N-dealkylation sites (N-methyl/N-ethyl adjacent to an activating group) is 1. The molecule has 1 atom stereocenters. The van der Waals surface area contributed by atoms with Gasteiger partial charge in [0, 0.05) is 25.5 Å². The van der Waals surface area contributed by atoms with Gasteiger partial charge in [-0.3, -0.25) is 4.79 Å². The van der Waals surface area contributed by atoms with Gasteiger partial charge in [0.1, 0.15) is 16.8 Å². The molecule has 0 aliphatic heterocycles. The molecule has 1 unspecified atom stereocenters. The Hall–Kier alpha value is -1.63. The van der Waals surface area contributed by atoms with Gasteiger partial charge in [-0.2, -0.15) is 0 Å². The number of amides is 1. The molecule has 0 saturated heterocycles. The smallest absolute Gasteiger partial charge is 0.244 e. The van der Waals surface area contributed by atoms with Crippen LogP contribution in [0, 0.1) is 0 Å². The van der Waals surface area contributed by atoms with E-state index in [1.54, 1.807) is 17.9 Å². The Labute approximate surface area is 120 Å². The fourth-order valence-electron chi connectivity index (χ4n) is 1.87. The van der Waals surface area contributed by atoms with Gasteiger partial charge in [0.25, 0.3) is 0 Å². The lowest BCUT2D eigenvalue weighted by atomic mass is 10.2. The van der Waals surface area contributed by atoms with Gasteiger partial charge in [-0.1, -0.05) is 0 Å². The quantitative estimate of drug-likeness (QED) is 0.852. The van der Waals surface area contributed by atoms with Gasteiger partial charge in [0.15, 0.2) is 9.84 Å². The van der Waals surface area contributed by atoms with E-state index in [4.69, 9.17) is 0 Å². The minimum Gasteiger partial charge on any atom is -0.358 e. The van der Waals surface area contributed by atoms with Crippen LogP contribution in [0.2, 0.25) is 0 Å². The number of sulfone groups is 1. The number of carbonyl (C=O) groups excluding carboxylic acids is 1. The lowest BCUT2D eigenvalue weighted by Gasteiger charge is -2.24. The van der Waals surface area contributed by atoms with E-state index in [0.29, 0.717) is 13.1 Å². The molecule has 1 heterocycles. The highest BCUT2D eigenvalue weighted by Crippen LogP contribution is 2.18. The summed E-state index contributed by atoms with van der Waals surface area (Å²) in [7, 11) is -3.39. The summed E-state index contributed by atoms with van der Waals surface area (Å²) in [6, 6.07) is 2.49. The largest absolute Gasteiger partial charge is 0.358 e. The summed E-state index contributed by atoms with van der Waals surface area (Å²) >= 11 is 0. The number of hydrogen-bond donors (Lipinski definition) is 1. The number of pyridine rings is 1. The van der Waals surface area contributed by atoms with Gasteiger partial charge in [-0.25, -0.2) is 13.4 Å². The molecule has 1 N–H and O–H groups in total. The van der Waals surface area contributed by atoms with Crippen LogP contribution in [0.25, 0.3) is 0 Å². The second-order valence-corrected chi connectivity index (χ2v) is 6.48. The van der Waals surface area contributed by atoms with E-state index in [-0.39, 0.29) is 16.6 Å². The van der Waals surface area contributed by atoms with Crippen molar-refractivity contribution in [3.63, 3.8) is 0 Å². The molecule has 1 amide bonds. The predicted octanol–water partition coefficient (Wildman–Crippen LogP) is 1.15. The molecule has 0 bridgehead atoms. The molecule has 112 valence electrons. The second kappa shape index (κ2) is 6.69. The van der Waals surface area contributed by atoms with Gasteiger partial charge < -0.3 is 10.2 Å². The van der Waals surface area contributed by atoms with E-state index in [9.17, 15) is 13.2 Å². The first kappa shape index (κ1) is 16.4. The van der Waals surface area contributed by atoms with Gasteiger partial charge in [-0.15, -0.1) is 0 Å². The maximum Gasteiger partial charge on any atom is 0.244 e. The van der Waals surface area contributed by atoms with Crippen LogP contribution in [0.1, 0.15) is 20.8 Å². The average Bonchev–Trinajstić information content (AvgIpc) is 2.39. The summed E-state index contributed by atoms with van der Waals surface area (Å²) in [6.07, 6.45) is 2.61. The Balaban J connectivity index is 2.97. The molecule has 0 aromatic carbocycles. The third-order valence-electron chi connectivity index (χ3n) is 2.97. The Morgan fingerprint density at radius 2 is 2.00 bits per heavy atom. The summed E-state index contributed by atoms with van der Waals surface area (Å²) < 4.78 is 23.4. The van der Waals surface area contributed by atoms with Crippen LogP contribution in [0.4, 0.5) is 5.82 Å². The highest BCUT2D eigenvalue weighted by Gasteiger charge is 2.21. The summed E-state index contributed by atoms with van der Waals surface area (Å²) in [5.41, 5.74) is 0. The summed E-state index contributed by atoms with van der Waals surface area (Å²) in [4.78, 5) is 18.0. The fourth-order valence-corrected chi connectivity index (χ4v) is 2.66. The number of hydrogen-bond acceptors (Lipinski definition) is 5. The second-order valence-electron chi connectivity index (χ2n) is 4.50. The molecule has 20 heavy (non-hydrogen) atoms. The minimum atomic E-state index is -3.39. The molecule has 0 spiro atoms. The maximum atomic E-state index is 12.2. The van der Waals surface area contributed by atoms with Crippen molar-refractivity contribution in [3.05, 3.63) is 18.3 Å². The zero-order chi connectivity index (χ0) is 15.3. The Bertz CT molecular complexity index is 568. The van der Waals surface area contributed by atoms with Gasteiger partial charge in [0.05, 0.1) is 0 Å². The number of anilines is 1. The Kier molecular flexibility index (Phi) is 5.50. The first-order chi connectivity index (χ1) is 9.31. The van der Waals surface area contributed by atoms with Crippen molar-refractivity contribution in [2.24, 2.45) is 0 Å². The van der Waals surface area contributed by atoms with Crippen LogP contribution in [-0.2, 0) is 14.6 Å². The zero-order valence-corrected chi connectivity index (χ0v) is 13.1. The normalized spacial score (nSPS) is 12.8. The monoisotopic (exact) mass is 299 g/mol. The first-order valence-electron chi connectivity index (χ1n) is 6.51. The fraction of sp³-hybridized carbons (Fsp3) is 0.538. The van der Waals surface area contributed by atoms with E-state index in [1.165, 1.54) is 12.3 Å². The van der Waals surface area contributed by atoms with Crippen molar-refractivity contribution in [2.75, 3.05) is 24.7 Å². The molecule has 6 nitrogen and oxygen atoms in total. The van der Waals surface area contributed by atoms with Crippen molar-refractivity contribution < 1.29 is 13.2 Å². The molecule has 0 radical (unpaired) electrons. The van der Waals surface area contributed by atoms with Crippen LogP contribution in [0.15, 0.2) is 23.2 Å². The third-order valence-corrected chi connectivity index (χ3v) is 4.10. The highest BCUT2D eigenvalue weighted by molar-refractivity contribution is 7.90. The van der Waals surface area contributed by atoms with Crippen molar-refractivity contribution in [3.8, 4) is 0 Å². The highest BCUT2D eigenvalue weighted by atomic mass is 32.2. The van der Waals surface area contributed by atoms with Crippen molar-refractivity contribution in [2.45, 2.75) is 31.7 Å². The standard InChI is InChI=1S/C13H21N3O3S/c1-5-16(6-2)13(17)10(3)15-12-11(20(4,18)19)8-7-9-14-12/h7-10H,5-6H2,1-4H3,(H,14,15). The van der Waals surface area contributed by atoms with Crippen LogP contribution in [0.3, 0.4) is 0 Å². The summed E-state index contributed by atoms with van der Waals surface area (Å²) in [5.74, 6) is 0.128. The molecule has 7 heteroatoms. The average molecular weight is 299 g/mol. The molecule has 0 saturated carbocycles. The van der Waals surface area contributed by atoms with Gasteiger partial charge in [0.2, 0.25) is 5.91 Å². The SMILES string of the molecule is CCN(CC)C(=O)C(C)Nc1ncccc1S(C)(=O)=O. The number of nitrogens with one attached hydrogen (secondary N) is 1. The molecular formula is C13H21N3O3S. The molecule has 0 fully saturated rings. The van der Waals surface area contributed by atoms with Crippen molar-refractivity contribution >= 4 is 21.6 Å². The third kappa shape index (κ3) is 3.93.